The van der Waals surface area contributed by atoms with Crippen molar-refractivity contribution < 1.29 is 23.0 Å². The maximum absolute atomic E-state index is 12.9. The Balaban J connectivity index is 2.13. The number of hydrogen-bond donors (Lipinski definition) is 2. The quantitative estimate of drug-likeness (QED) is 0.893. The normalized spacial score (nSPS) is 26.4. The second-order valence-corrected chi connectivity index (χ2v) is 5.63. The van der Waals surface area contributed by atoms with E-state index in [1.165, 1.54) is 0 Å². The van der Waals surface area contributed by atoms with Crippen molar-refractivity contribution in [1.82, 2.24) is 0 Å². The van der Waals surface area contributed by atoms with Gasteiger partial charge in [-0.15, -0.1) is 0 Å². The van der Waals surface area contributed by atoms with Crippen LogP contribution in [0.25, 0.3) is 0 Å². The first-order valence-corrected chi connectivity index (χ1v) is 6.98. The Labute approximate surface area is 122 Å². The van der Waals surface area contributed by atoms with Gasteiger partial charge in [0.15, 0.2) is 0 Å². The molecular formula is C15H20F3NO2. The lowest BCUT2D eigenvalue weighted by atomic mass is 9.75. The van der Waals surface area contributed by atoms with Crippen LogP contribution < -0.4 is 10.1 Å². The third-order valence-corrected chi connectivity index (χ3v) is 4.11. The molecule has 0 heterocycles. The van der Waals surface area contributed by atoms with Gasteiger partial charge in [-0.05, 0) is 43.5 Å². The zero-order valence-corrected chi connectivity index (χ0v) is 11.9. The monoisotopic (exact) mass is 303 g/mol. The fraction of sp³-hybridized carbons (Fsp3) is 0.600. The van der Waals surface area contributed by atoms with Crippen molar-refractivity contribution in [2.45, 2.75) is 37.4 Å². The number of methoxy groups -OCH3 is 1. The molecule has 118 valence electrons. The Morgan fingerprint density at radius 2 is 2.00 bits per heavy atom. The standard InChI is InChI=1S/C15H20F3NO2/c1-21-13-6-4-12(5-7-13)19-14(10-20)8-2-3-11(9-14)15(16,17)18/h4-7,11,19-20H,2-3,8-10H2,1H3. The summed E-state index contributed by atoms with van der Waals surface area (Å²) in [6.45, 7) is -0.314. The molecule has 1 aromatic carbocycles. The zero-order valence-electron chi connectivity index (χ0n) is 11.9. The number of aliphatic hydroxyl groups excluding tert-OH is 1. The fourth-order valence-corrected chi connectivity index (χ4v) is 2.92. The molecule has 2 unspecified atom stereocenters. The van der Waals surface area contributed by atoms with Gasteiger partial charge in [0.05, 0.1) is 25.2 Å². The van der Waals surface area contributed by atoms with E-state index >= 15 is 0 Å². The lowest BCUT2D eigenvalue weighted by Gasteiger charge is -2.41. The predicted molar refractivity (Wildman–Crippen MR) is 74.4 cm³/mol. The average molecular weight is 303 g/mol. The summed E-state index contributed by atoms with van der Waals surface area (Å²) < 4.78 is 43.8. The summed E-state index contributed by atoms with van der Waals surface area (Å²) in [4.78, 5) is 0. The highest BCUT2D eigenvalue weighted by atomic mass is 19.4. The van der Waals surface area contributed by atoms with Crippen molar-refractivity contribution in [3.8, 4) is 5.75 Å². The third-order valence-electron chi connectivity index (χ3n) is 4.11. The van der Waals surface area contributed by atoms with E-state index in [0.717, 1.165) is 0 Å². The highest BCUT2D eigenvalue weighted by Crippen LogP contribution is 2.43. The van der Waals surface area contributed by atoms with Gasteiger partial charge in [-0.2, -0.15) is 13.2 Å². The second kappa shape index (κ2) is 6.13. The Bertz CT molecular complexity index is 461. The molecule has 0 aliphatic heterocycles. The minimum Gasteiger partial charge on any atom is -0.497 e. The Morgan fingerprint density at radius 3 is 2.52 bits per heavy atom. The van der Waals surface area contributed by atoms with Crippen molar-refractivity contribution in [2.24, 2.45) is 5.92 Å². The number of benzene rings is 1. The van der Waals surface area contributed by atoms with Crippen LogP contribution in [0.2, 0.25) is 0 Å². The first kappa shape index (κ1) is 15.9. The number of hydrogen-bond acceptors (Lipinski definition) is 3. The van der Waals surface area contributed by atoms with Crippen molar-refractivity contribution in [2.75, 3.05) is 19.0 Å². The number of alkyl halides is 3. The number of anilines is 1. The third kappa shape index (κ3) is 3.81. The SMILES string of the molecule is COc1ccc(NC2(CO)CCCC(C(F)(F)F)C2)cc1. The molecule has 2 N–H and O–H groups in total. The van der Waals surface area contributed by atoms with Crippen LogP contribution in [0.15, 0.2) is 24.3 Å². The molecule has 0 radical (unpaired) electrons. The van der Waals surface area contributed by atoms with Gasteiger partial charge in [0.2, 0.25) is 0 Å². The summed E-state index contributed by atoms with van der Waals surface area (Å²) >= 11 is 0. The average Bonchev–Trinajstić information content (AvgIpc) is 2.47. The van der Waals surface area contributed by atoms with Crippen LogP contribution in [-0.4, -0.2) is 30.5 Å². The molecule has 1 aliphatic carbocycles. The van der Waals surface area contributed by atoms with Crippen LogP contribution in [0.4, 0.5) is 18.9 Å². The number of ether oxygens (including phenoxy) is 1. The van der Waals surface area contributed by atoms with Crippen LogP contribution in [0, 0.1) is 5.92 Å². The molecule has 1 fully saturated rings. The minimum atomic E-state index is -4.21. The topological polar surface area (TPSA) is 41.5 Å². The molecule has 0 aromatic heterocycles. The summed E-state index contributed by atoms with van der Waals surface area (Å²) in [5.74, 6) is -0.681. The van der Waals surface area contributed by atoms with E-state index in [1.807, 2.05) is 0 Å². The molecule has 0 saturated heterocycles. The highest BCUT2D eigenvalue weighted by molar-refractivity contribution is 5.48. The molecule has 21 heavy (non-hydrogen) atoms. The molecule has 1 aliphatic rings. The molecule has 1 aromatic rings. The molecule has 0 spiro atoms. The van der Waals surface area contributed by atoms with Gasteiger partial charge in [-0.3, -0.25) is 0 Å². The number of halogens is 3. The molecule has 2 rings (SSSR count). The predicted octanol–water partition coefficient (Wildman–Crippen LogP) is 3.59. The number of nitrogens with one attached hydrogen (secondary N) is 1. The van der Waals surface area contributed by atoms with Crippen molar-refractivity contribution in [3.05, 3.63) is 24.3 Å². The number of rotatable bonds is 4. The summed E-state index contributed by atoms with van der Waals surface area (Å²) in [7, 11) is 1.55. The van der Waals surface area contributed by atoms with Crippen molar-refractivity contribution >= 4 is 5.69 Å². The molecule has 1 saturated carbocycles. The van der Waals surface area contributed by atoms with Crippen molar-refractivity contribution in [3.63, 3.8) is 0 Å². The van der Waals surface area contributed by atoms with Crippen LogP contribution in [0.5, 0.6) is 5.75 Å². The smallest absolute Gasteiger partial charge is 0.391 e. The van der Waals surface area contributed by atoms with Gasteiger partial charge in [0.25, 0.3) is 0 Å². The molecule has 2 atom stereocenters. The molecule has 0 bridgehead atoms. The maximum Gasteiger partial charge on any atom is 0.391 e. The van der Waals surface area contributed by atoms with Gasteiger partial charge in [-0.25, -0.2) is 0 Å². The summed E-state index contributed by atoms with van der Waals surface area (Å²) in [5, 5.41) is 12.7. The van der Waals surface area contributed by atoms with Crippen LogP contribution >= 0.6 is 0 Å². The van der Waals surface area contributed by atoms with E-state index in [0.29, 0.717) is 24.3 Å². The van der Waals surface area contributed by atoms with E-state index < -0.39 is 17.6 Å². The minimum absolute atomic E-state index is 0.0982. The maximum atomic E-state index is 12.9. The molecule has 0 amide bonds. The Morgan fingerprint density at radius 1 is 1.33 bits per heavy atom. The van der Waals surface area contributed by atoms with Gasteiger partial charge in [0, 0.05) is 5.69 Å². The Hall–Kier alpha value is -1.43. The molecular weight excluding hydrogens is 283 g/mol. The van der Waals surface area contributed by atoms with Gasteiger partial charge in [0.1, 0.15) is 5.75 Å². The molecule has 6 heteroatoms. The first-order chi connectivity index (χ1) is 9.88. The van der Waals surface area contributed by atoms with Crippen LogP contribution in [0.3, 0.4) is 0 Å². The first-order valence-electron chi connectivity index (χ1n) is 6.98. The van der Waals surface area contributed by atoms with E-state index in [2.05, 4.69) is 5.32 Å². The van der Waals surface area contributed by atoms with Gasteiger partial charge >= 0.3 is 6.18 Å². The Kier molecular flexibility index (Phi) is 4.66. The van der Waals surface area contributed by atoms with Crippen LogP contribution in [0.1, 0.15) is 25.7 Å². The molecule has 3 nitrogen and oxygen atoms in total. The zero-order chi connectivity index (χ0) is 15.5. The second-order valence-electron chi connectivity index (χ2n) is 5.63. The van der Waals surface area contributed by atoms with Gasteiger partial charge < -0.3 is 15.2 Å². The van der Waals surface area contributed by atoms with E-state index in [1.54, 1.807) is 31.4 Å². The largest absolute Gasteiger partial charge is 0.497 e. The fourth-order valence-electron chi connectivity index (χ4n) is 2.92. The summed E-state index contributed by atoms with van der Waals surface area (Å²) in [6.07, 6.45) is -3.19. The van der Waals surface area contributed by atoms with Crippen LogP contribution in [-0.2, 0) is 0 Å². The lowest BCUT2D eigenvalue weighted by Crippen LogP contribution is -2.48. The lowest BCUT2D eigenvalue weighted by molar-refractivity contribution is -0.187. The van der Waals surface area contributed by atoms with Gasteiger partial charge in [-0.1, -0.05) is 6.42 Å². The number of aliphatic hydroxyl groups is 1. The van der Waals surface area contributed by atoms with E-state index in [9.17, 15) is 18.3 Å². The van der Waals surface area contributed by atoms with Crippen molar-refractivity contribution in [1.29, 1.82) is 0 Å². The van der Waals surface area contributed by atoms with E-state index in [-0.39, 0.29) is 19.4 Å². The summed E-state index contributed by atoms with van der Waals surface area (Å²) in [6, 6.07) is 6.95. The highest BCUT2D eigenvalue weighted by Gasteiger charge is 2.47. The summed E-state index contributed by atoms with van der Waals surface area (Å²) in [5.41, 5.74) is -0.222. The van der Waals surface area contributed by atoms with E-state index in [4.69, 9.17) is 4.74 Å².